The Kier molecular flexibility index (Phi) is 7.23. The SMILES string of the molecule is O=C(NCCCN1CCOCC1)c1sc2c(ccc(=O)n2-c2ccccc2)c1Nc1ccccc1. The van der Waals surface area contributed by atoms with Gasteiger partial charge in [-0.3, -0.25) is 19.1 Å². The van der Waals surface area contributed by atoms with E-state index in [2.05, 4.69) is 15.5 Å². The predicted molar refractivity (Wildman–Crippen MR) is 141 cm³/mol. The lowest BCUT2D eigenvalue weighted by Gasteiger charge is -2.26. The predicted octanol–water partition coefficient (Wildman–Crippen LogP) is 4.25. The van der Waals surface area contributed by atoms with Crippen molar-refractivity contribution < 1.29 is 9.53 Å². The standard InChI is InChI=1S/C27H28N4O3S/c32-23-13-12-22-24(29-20-8-3-1-4-9-20)25(35-27(22)31(23)21-10-5-2-6-11-21)26(33)28-14-7-15-30-16-18-34-19-17-30/h1-6,8-13,29H,7,14-19H2,(H,28,33). The van der Waals surface area contributed by atoms with E-state index in [0.717, 1.165) is 60.9 Å². The monoisotopic (exact) mass is 488 g/mol. The van der Waals surface area contributed by atoms with Crippen molar-refractivity contribution in [3.05, 3.63) is 88.0 Å². The maximum Gasteiger partial charge on any atom is 0.263 e. The van der Waals surface area contributed by atoms with Crippen LogP contribution in [0.3, 0.4) is 0 Å². The smallest absolute Gasteiger partial charge is 0.263 e. The number of morpholine rings is 1. The molecule has 0 unspecified atom stereocenters. The van der Waals surface area contributed by atoms with E-state index in [1.165, 1.54) is 11.3 Å². The highest BCUT2D eigenvalue weighted by molar-refractivity contribution is 7.21. The van der Waals surface area contributed by atoms with Crippen LogP contribution in [0.25, 0.3) is 15.9 Å². The molecule has 1 aliphatic heterocycles. The summed E-state index contributed by atoms with van der Waals surface area (Å²) in [4.78, 5) is 29.9. The second-order valence-electron chi connectivity index (χ2n) is 8.42. The normalized spacial score (nSPS) is 14.2. The number of thiophene rings is 1. The Morgan fingerprint density at radius 3 is 2.40 bits per heavy atom. The number of benzene rings is 2. The van der Waals surface area contributed by atoms with Crippen LogP contribution in [0, 0.1) is 0 Å². The van der Waals surface area contributed by atoms with Gasteiger partial charge < -0.3 is 15.4 Å². The number of hydrogen-bond acceptors (Lipinski definition) is 6. The molecule has 0 bridgehead atoms. The number of fused-ring (bicyclic) bond motifs is 1. The number of pyridine rings is 1. The highest BCUT2D eigenvalue weighted by Gasteiger charge is 2.22. The fourth-order valence-corrected chi connectivity index (χ4v) is 5.45. The fourth-order valence-electron chi connectivity index (χ4n) is 4.26. The number of anilines is 2. The Bertz CT molecular complexity index is 1350. The van der Waals surface area contributed by atoms with Gasteiger partial charge in [-0.05, 0) is 43.3 Å². The molecule has 2 aromatic carbocycles. The number of hydrogen-bond donors (Lipinski definition) is 2. The maximum absolute atomic E-state index is 13.3. The summed E-state index contributed by atoms with van der Waals surface area (Å²) in [7, 11) is 0. The minimum Gasteiger partial charge on any atom is -0.379 e. The van der Waals surface area contributed by atoms with Gasteiger partial charge in [-0.25, -0.2) is 0 Å². The number of carbonyl (C=O) groups is 1. The second-order valence-corrected chi connectivity index (χ2v) is 9.42. The molecule has 7 nitrogen and oxygen atoms in total. The van der Waals surface area contributed by atoms with Crippen LogP contribution in [-0.2, 0) is 4.74 Å². The summed E-state index contributed by atoms with van der Waals surface area (Å²) in [5.41, 5.74) is 2.24. The molecule has 0 spiro atoms. The lowest BCUT2D eigenvalue weighted by molar-refractivity contribution is 0.0374. The van der Waals surface area contributed by atoms with Gasteiger partial charge in [0.1, 0.15) is 9.71 Å². The zero-order valence-electron chi connectivity index (χ0n) is 19.4. The van der Waals surface area contributed by atoms with E-state index in [9.17, 15) is 9.59 Å². The van der Waals surface area contributed by atoms with E-state index in [-0.39, 0.29) is 11.5 Å². The van der Waals surface area contributed by atoms with E-state index >= 15 is 0 Å². The summed E-state index contributed by atoms with van der Waals surface area (Å²) in [6.07, 6.45) is 0.868. The molecule has 4 aromatic rings. The number of aromatic nitrogens is 1. The third-order valence-corrected chi connectivity index (χ3v) is 7.24. The Labute approximate surface area is 208 Å². The molecule has 2 aromatic heterocycles. The first-order valence-electron chi connectivity index (χ1n) is 11.8. The van der Waals surface area contributed by atoms with E-state index in [1.807, 2.05) is 60.7 Å². The van der Waals surface area contributed by atoms with Crippen LogP contribution in [-0.4, -0.2) is 54.8 Å². The minimum absolute atomic E-state index is 0.131. The van der Waals surface area contributed by atoms with Crippen LogP contribution >= 0.6 is 11.3 Å². The van der Waals surface area contributed by atoms with Crippen LogP contribution < -0.4 is 16.2 Å². The molecule has 5 rings (SSSR count). The lowest BCUT2D eigenvalue weighted by Crippen LogP contribution is -2.38. The van der Waals surface area contributed by atoms with Crippen molar-refractivity contribution >= 4 is 38.8 Å². The average Bonchev–Trinajstić information content (AvgIpc) is 3.26. The van der Waals surface area contributed by atoms with E-state index in [1.54, 1.807) is 16.7 Å². The van der Waals surface area contributed by atoms with Crippen LogP contribution in [0.1, 0.15) is 16.1 Å². The van der Waals surface area contributed by atoms with E-state index in [0.29, 0.717) is 17.1 Å². The Balaban J connectivity index is 1.46. The van der Waals surface area contributed by atoms with E-state index < -0.39 is 0 Å². The molecular formula is C27H28N4O3S. The largest absolute Gasteiger partial charge is 0.379 e. The number of nitrogens with zero attached hydrogens (tertiary/aromatic N) is 2. The highest BCUT2D eigenvalue weighted by Crippen LogP contribution is 2.37. The molecule has 8 heteroatoms. The van der Waals surface area contributed by atoms with Crippen molar-refractivity contribution in [2.24, 2.45) is 0 Å². The summed E-state index contributed by atoms with van der Waals surface area (Å²) in [6, 6.07) is 22.6. The molecule has 1 amide bonds. The second kappa shape index (κ2) is 10.9. The van der Waals surface area contributed by atoms with E-state index in [4.69, 9.17) is 4.74 Å². The van der Waals surface area contributed by atoms with Crippen molar-refractivity contribution in [3.8, 4) is 5.69 Å². The molecule has 2 N–H and O–H groups in total. The summed E-state index contributed by atoms with van der Waals surface area (Å²) in [5.74, 6) is -0.140. The third-order valence-electron chi connectivity index (χ3n) is 6.05. The van der Waals surface area contributed by atoms with Gasteiger partial charge in [0.25, 0.3) is 11.5 Å². The lowest BCUT2D eigenvalue weighted by atomic mass is 10.2. The van der Waals surface area contributed by atoms with Crippen molar-refractivity contribution in [1.29, 1.82) is 0 Å². The Hall–Kier alpha value is -3.46. The summed E-state index contributed by atoms with van der Waals surface area (Å²) < 4.78 is 7.07. The number of carbonyl (C=O) groups excluding carboxylic acids is 1. The highest BCUT2D eigenvalue weighted by atomic mass is 32.1. The summed E-state index contributed by atoms with van der Waals surface area (Å²) in [5, 5.41) is 7.35. The maximum atomic E-state index is 13.3. The number of nitrogens with one attached hydrogen (secondary N) is 2. The van der Waals surface area contributed by atoms with Gasteiger partial charge in [0, 0.05) is 36.8 Å². The number of ether oxygens (including phenoxy) is 1. The summed E-state index contributed by atoms with van der Waals surface area (Å²) >= 11 is 1.33. The molecule has 35 heavy (non-hydrogen) atoms. The number of rotatable bonds is 8. The van der Waals surface area contributed by atoms with Gasteiger partial charge in [-0.1, -0.05) is 36.4 Å². The van der Waals surface area contributed by atoms with Crippen LogP contribution in [0.2, 0.25) is 0 Å². The van der Waals surface area contributed by atoms with Gasteiger partial charge >= 0.3 is 0 Å². The Morgan fingerprint density at radius 2 is 1.66 bits per heavy atom. The minimum atomic E-state index is -0.140. The topological polar surface area (TPSA) is 75.6 Å². The molecule has 0 atom stereocenters. The Morgan fingerprint density at radius 1 is 0.943 bits per heavy atom. The fraction of sp³-hybridized carbons (Fsp3) is 0.259. The van der Waals surface area contributed by atoms with Gasteiger partial charge in [0.05, 0.1) is 24.6 Å². The molecule has 1 saturated heterocycles. The molecular weight excluding hydrogens is 460 g/mol. The third kappa shape index (κ3) is 5.30. The van der Waals surface area contributed by atoms with Crippen molar-refractivity contribution in [2.75, 3.05) is 44.7 Å². The number of para-hydroxylation sites is 2. The first kappa shape index (κ1) is 23.3. The van der Waals surface area contributed by atoms with Gasteiger partial charge in [0.15, 0.2) is 0 Å². The first-order chi connectivity index (χ1) is 17.2. The molecule has 0 radical (unpaired) electrons. The van der Waals surface area contributed by atoms with Crippen molar-refractivity contribution in [3.63, 3.8) is 0 Å². The molecule has 1 aliphatic rings. The first-order valence-corrected chi connectivity index (χ1v) is 12.7. The van der Waals surface area contributed by atoms with Gasteiger partial charge in [-0.15, -0.1) is 11.3 Å². The van der Waals surface area contributed by atoms with Crippen molar-refractivity contribution in [2.45, 2.75) is 6.42 Å². The summed E-state index contributed by atoms with van der Waals surface area (Å²) in [6.45, 7) is 4.93. The zero-order valence-corrected chi connectivity index (χ0v) is 20.2. The molecule has 1 fully saturated rings. The van der Waals surface area contributed by atoms with Crippen molar-refractivity contribution in [1.82, 2.24) is 14.8 Å². The quantitative estimate of drug-likeness (QED) is 0.363. The average molecular weight is 489 g/mol. The van der Waals surface area contributed by atoms with Crippen LogP contribution in [0.4, 0.5) is 11.4 Å². The zero-order chi connectivity index (χ0) is 24.0. The molecule has 0 saturated carbocycles. The van der Waals surface area contributed by atoms with Gasteiger partial charge in [0.2, 0.25) is 0 Å². The molecule has 0 aliphatic carbocycles. The van der Waals surface area contributed by atoms with Gasteiger partial charge in [-0.2, -0.15) is 0 Å². The molecule has 3 heterocycles. The van der Waals surface area contributed by atoms with Crippen LogP contribution in [0.15, 0.2) is 77.6 Å². The van der Waals surface area contributed by atoms with Crippen LogP contribution in [0.5, 0.6) is 0 Å². The number of amides is 1. The molecule has 180 valence electrons.